The second-order valence-electron chi connectivity index (χ2n) is 3.97. The van der Waals surface area contributed by atoms with E-state index in [1.807, 2.05) is 6.92 Å². The summed E-state index contributed by atoms with van der Waals surface area (Å²) in [5.74, 6) is 0.270. The Labute approximate surface area is 87.3 Å². The molecular weight excluding hydrogens is 205 g/mol. The number of allylic oxidation sites excluding steroid dienone is 1. The highest BCUT2D eigenvalue weighted by Gasteiger charge is 2.45. The zero-order chi connectivity index (χ0) is 11.7. The molecule has 1 aliphatic carbocycles. The molecule has 0 bridgehead atoms. The van der Waals surface area contributed by atoms with Crippen LogP contribution in [-0.2, 0) is 0 Å². The van der Waals surface area contributed by atoms with Crippen LogP contribution in [0.25, 0.3) is 0 Å². The van der Waals surface area contributed by atoms with Crippen LogP contribution in [0.2, 0.25) is 0 Å². The number of aliphatic hydroxyl groups is 1. The van der Waals surface area contributed by atoms with Gasteiger partial charge in [-0.1, -0.05) is 25.7 Å². The van der Waals surface area contributed by atoms with Crippen molar-refractivity contribution in [1.29, 1.82) is 0 Å². The molecule has 2 unspecified atom stereocenters. The van der Waals surface area contributed by atoms with Gasteiger partial charge in [0.1, 0.15) is 5.60 Å². The molecule has 0 amide bonds. The number of hydrogen-bond acceptors (Lipinski definition) is 1. The van der Waals surface area contributed by atoms with Crippen molar-refractivity contribution in [1.82, 2.24) is 0 Å². The molecule has 1 nitrogen and oxygen atoms in total. The Kier molecular flexibility index (Phi) is 3.28. The SMILES string of the molecule is C=C(C(F)(F)F)C1(O)C=CC(CC)CC1. The van der Waals surface area contributed by atoms with Crippen LogP contribution in [0.5, 0.6) is 0 Å². The molecule has 0 heterocycles. The van der Waals surface area contributed by atoms with E-state index in [0.29, 0.717) is 6.42 Å². The van der Waals surface area contributed by atoms with Crippen molar-refractivity contribution in [2.24, 2.45) is 5.92 Å². The third kappa shape index (κ3) is 2.62. The van der Waals surface area contributed by atoms with Crippen molar-refractivity contribution in [2.45, 2.75) is 38.0 Å². The highest BCUT2D eigenvalue weighted by Crippen LogP contribution is 2.39. The first-order chi connectivity index (χ1) is 6.79. The maximum Gasteiger partial charge on any atom is 0.415 e. The average molecular weight is 220 g/mol. The van der Waals surface area contributed by atoms with Crippen LogP contribution < -0.4 is 0 Å². The Morgan fingerprint density at radius 2 is 2.20 bits per heavy atom. The fraction of sp³-hybridized carbons (Fsp3) is 0.636. The van der Waals surface area contributed by atoms with Gasteiger partial charge in [0.05, 0.1) is 5.57 Å². The van der Waals surface area contributed by atoms with Crippen molar-refractivity contribution in [3.8, 4) is 0 Å². The van der Waals surface area contributed by atoms with E-state index in [1.54, 1.807) is 6.08 Å². The molecule has 4 heteroatoms. The monoisotopic (exact) mass is 220 g/mol. The minimum Gasteiger partial charge on any atom is -0.381 e. The maximum atomic E-state index is 12.4. The summed E-state index contributed by atoms with van der Waals surface area (Å²) in [6.45, 7) is 4.92. The second-order valence-corrected chi connectivity index (χ2v) is 3.97. The predicted octanol–water partition coefficient (Wildman–Crippen LogP) is 3.21. The van der Waals surface area contributed by atoms with Crippen LogP contribution in [0.4, 0.5) is 13.2 Å². The average Bonchev–Trinajstić information content (AvgIpc) is 2.16. The normalized spacial score (nSPS) is 31.7. The van der Waals surface area contributed by atoms with Crippen LogP contribution in [0.1, 0.15) is 26.2 Å². The molecule has 1 N–H and O–H groups in total. The van der Waals surface area contributed by atoms with E-state index in [2.05, 4.69) is 6.58 Å². The number of hydrogen-bond donors (Lipinski definition) is 1. The lowest BCUT2D eigenvalue weighted by atomic mass is 9.80. The molecular formula is C11H15F3O. The van der Waals surface area contributed by atoms with Crippen molar-refractivity contribution in [3.63, 3.8) is 0 Å². The summed E-state index contributed by atoms with van der Waals surface area (Å²) >= 11 is 0. The lowest BCUT2D eigenvalue weighted by Crippen LogP contribution is -2.38. The fourth-order valence-corrected chi connectivity index (χ4v) is 1.72. The molecule has 0 saturated carbocycles. The first-order valence-corrected chi connectivity index (χ1v) is 4.98. The van der Waals surface area contributed by atoms with E-state index in [0.717, 1.165) is 6.42 Å². The molecule has 1 aliphatic rings. The number of rotatable bonds is 2. The summed E-state index contributed by atoms with van der Waals surface area (Å²) in [7, 11) is 0. The minimum atomic E-state index is -4.53. The van der Waals surface area contributed by atoms with E-state index in [1.165, 1.54) is 6.08 Å². The van der Waals surface area contributed by atoms with Gasteiger partial charge in [-0.2, -0.15) is 13.2 Å². The predicted molar refractivity (Wildman–Crippen MR) is 52.3 cm³/mol. The number of halogens is 3. The Morgan fingerprint density at radius 3 is 2.53 bits per heavy atom. The molecule has 0 radical (unpaired) electrons. The molecule has 0 aromatic rings. The minimum absolute atomic E-state index is 0.0976. The lowest BCUT2D eigenvalue weighted by molar-refractivity contribution is -0.115. The number of alkyl halides is 3. The molecule has 0 fully saturated rings. The molecule has 0 aromatic heterocycles. The third-order valence-electron chi connectivity index (χ3n) is 2.93. The smallest absolute Gasteiger partial charge is 0.381 e. The van der Waals surface area contributed by atoms with Gasteiger partial charge in [0.2, 0.25) is 0 Å². The van der Waals surface area contributed by atoms with Crippen molar-refractivity contribution < 1.29 is 18.3 Å². The molecule has 1 rings (SSSR count). The maximum absolute atomic E-state index is 12.4. The van der Waals surface area contributed by atoms with Gasteiger partial charge >= 0.3 is 6.18 Å². The summed E-state index contributed by atoms with van der Waals surface area (Å²) in [6.07, 6.45) is -0.0942. The van der Waals surface area contributed by atoms with Gasteiger partial charge in [-0.3, -0.25) is 0 Å². The highest BCUT2D eigenvalue weighted by molar-refractivity contribution is 5.28. The van der Waals surface area contributed by atoms with Gasteiger partial charge in [0.15, 0.2) is 0 Å². The summed E-state index contributed by atoms with van der Waals surface area (Å²) in [6, 6.07) is 0. The first kappa shape index (κ1) is 12.3. The fourth-order valence-electron chi connectivity index (χ4n) is 1.72. The molecule has 15 heavy (non-hydrogen) atoms. The molecule has 0 aliphatic heterocycles. The summed E-state index contributed by atoms with van der Waals surface area (Å²) < 4.78 is 37.1. The Hall–Kier alpha value is -0.770. The molecule has 86 valence electrons. The van der Waals surface area contributed by atoms with E-state index < -0.39 is 17.4 Å². The van der Waals surface area contributed by atoms with Crippen LogP contribution in [0.3, 0.4) is 0 Å². The van der Waals surface area contributed by atoms with E-state index in [9.17, 15) is 18.3 Å². The molecule has 0 spiro atoms. The summed E-state index contributed by atoms with van der Waals surface area (Å²) in [5, 5.41) is 9.78. The molecule has 0 saturated heterocycles. The van der Waals surface area contributed by atoms with Gasteiger partial charge in [0.25, 0.3) is 0 Å². The topological polar surface area (TPSA) is 20.2 Å². The Balaban J connectivity index is 2.83. The van der Waals surface area contributed by atoms with E-state index in [4.69, 9.17) is 0 Å². The van der Waals surface area contributed by atoms with E-state index >= 15 is 0 Å². The van der Waals surface area contributed by atoms with Gasteiger partial charge < -0.3 is 5.11 Å². The standard InChI is InChI=1S/C11H15F3O/c1-3-9-4-6-10(15,7-5-9)8(2)11(12,13)14/h4,6,9,15H,2-3,5,7H2,1H3. The first-order valence-electron chi connectivity index (χ1n) is 4.98. The lowest BCUT2D eigenvalue weighted by Gasteiger charge is -2.33. The van der Waals surface area contributed by atoms with Crippen LogP contribution in [0.15, 0.2) is 24.3 Å². The van der Waals surface area contributed by atoms with Crippen LogP contribution in [0, 0.1) is 5.92 Å². The van der Waals surface area contributed by atoms with Crippen LogP contribution in [-0.4, -0.2) is 16.9 Å². The van der Waals surface area contributed by atoms with Crippen LogP contribution >= 0.6 is 0 Å². The molecule has 0 aromatic carbocycles. The Bertz CT molecular complexity index is 280. The summed E-state index contributed by atoms with van der Waals surface area (Å²) in [4.78, 5) is 0. The van der Waals surface area contributed by atoms with Gasteiger partial charge in [0, 0.05) is 0 Å². The second kappa shape index (κ2) is 4.00. The van der Waals surface area contributed by atoms with Crippen molar-refractivity contribution in [3.05, 3.63) is 24.3 Å². The van der Waals surface area contributed by atoms with Crippen molar-refractivity contribution in [2.75, 3.05) is 0 Å². The largest absolute Gasteiger partial charge is 0.415 e. The Morgan fingerprint density at radius 1 is 1.60 bits per heavy atom. The highest BCUT2D eigenvalue weighted by atomic mass is 19.4. The van der Waals surface area contributed by atoms with Gasteiger partial charge in [-0.15, -0.1) is 0 Å². The summed E-state index contributed by atoms with van der Waals surface area (Å²) in [5.41, 5.74) is -2.97. The third-order valence-corrected chi connectivity index (χ3v) is 2.93. The van der Waals surface area contributed by atoms with Gasteiger partial charge in [-0.25, -0.2) is 0 Å². The molecule has 2 atom stereocenters. The van der Waals surface area contributed by atoms with E-state index in [-0.39, 0.29) is 12.3 Å². The quantitative estimate of drug-likeness (QED) is 0.708. The van der Waals surface area contributed by atoms with Gasteiger partial charge in [-0.05, 0) is 25.2 Å². The van der Waals surface area contributed by atoms with Crippen molar-refractivity contribution >= 4 is 0 Å². The zero-order valence-electron chi connectivity index (χ0n) is 8.64. The zero-order valence-corrected chi connectivity index (χ0v) is 8.64.